The summed E-state index contributed by atoms with van der Waals surface area (Å²) in [6.45, 7) is 0. The first-order valence-electron chi connectivity index (χ1n) is 8.15. The Morgan fingerprint density at radius 2 is 0.960 bits per heavy atom. The van der Waals surface area contributed by atoms with E-state index in [2.05, 4.69) is 0 Å². The molecule has 0 radical (unpaired) electrons. The molecule has 0 atom stereocenters. The minimum Gasteiger partial charge on any atom is -0.273 e. The maximum absolute atomic E-state index is 13.3. The molecular weight excluding hydrogens is 316 g/mol. The maximum Gasteiger partial charge on any atom is 0.332 e. The number of urea groups is 1. The zero-order valence-corrected chi connectivity index (χ0v) is 14.2. The second-order valence-electron chi connectivity index (χ2n) is 6.24. The molecule has 1 heterocycles. The number of rotatable bonds is 2. The molecule has 1 fully saturated rings. The van der Waals surface area contributed by atoms with Crippen LogP contribution in [0, 0.1) is 17.3 Å². The van der Waals surface area contributed by atoms with E-state index in [1.807, 2.05) is 72.9 Å². The standard InChI is InChI=1S/C20H20N2O3/c1-21-17(23)20(18(24)22(2)19(21)25,15-11-7-3-4-8-12-15)16-13-9-5-6-10-14-16/h3-16H,1-2H3. The van der Waals surface area contributed by atoms with Crippen LogP contribution in [0.1, 0.15) is 0 Å². The van der Waals surface area contributed by atoms with E-state index in [9.17, 15) is 14.4 Å². The summed E-state index contributed by atoms with van der Waals surface area (Å²) in [5, 5.41) is 0. The molecule has 4 amide bonds. The molecule has 128 valence electrons. The monoisotopic (exact) mass is 336 g/mol. The molecule has 3 aliphatic rings. The molecule has 3 rings (SSSR count). The number of carbonyl (C=O) groups excluding carboxylic acids is 3. The van der Waals surface area contributed by atoms with Crippen LogP contribution in [0.3, 0.4) is 0 Å². The summed E-state index contributed by atoms with van der Waals surface area (Å²) >= 11 is 0. The summed E-state index contributed by atoms with van der Waals surface area (Å²) in [6.07, 6.45) is 22.1. The lowest BCUT2D eigenvalue weighted by atomic mass is 9.63. The first-order valence-corrected chi connectivity index (χ1v) is 8.15. The molecule has 25 heavy (non-hydrogen) atoms. The molecule has 0 saturated carbocycles. The van der Waals surface area contributed by atoms with Crippen LogP contribution in [-0.2, 0) is 9.59 Å². The fraction of sp³-hybridized carbons (Fsp3) is 0.250. The van der Waals surface area contributed by atoms with E-state index >= 15 is 0 Å². The Kier molecular flexibility index (Phi) is 4.40. The van der Waals surface area contributed by atoms with Crippen molar-refractivity contribution in [2.45, 2.75) is 0 Å². The van der Waals surface area contributed by atoms with Gasteiger partial charge in [-0.1, -0.05) is 72.9 Å². The summed E-state index contributed by atoms with van der Waals surface area (Å²) in [7, 11) is 2.85. The summed E-state index contributed by atoms with van der Waals surface area (Å²) in [5.74, 6) is -1.92. The van der Waals surface area contributed by atoms with Crippen molar-refractivity contribution >= 4 is 17.8 Å². The third-order valence-electron chi connectivity index (χ3n) is 4.88. The highest BCUT2D eigenvalue weighted by molar-refractivity contribution is 6.19. The van der Waals surface area contributed by atoms with Gasteiger partial charge in [0, 0.05) is 25.9 Å². The fourth-order valence-corrected chi connectivity index (χ4v) is 3.57. The van der Waals surface area contributed by atoms with Crippen LogP contribution in [0.15, 0.2) is 72.9 Å². The predicted molar refractivity (Wildman–Crippen MR) is 95.2 cm³/mol. The van der Waals surface area contributed by atoms with E-state index in [1.165, 1.54) is 14.1 Å². The van der Waals surface area contributed by atoms with Crippen LogP contribution in [0.5, 0.6) is 0 Å². The van der Waals surface area contributed by atoms with Crippen LogP contribution >= 0.6 is 0 Å². The Labute approximate surface area is 147 Å². The van der Waals surface area contributed by atoms with Crippen molar-refractivity contribution in [3.8, 4) is 0 Å². The van der Waals surface area contributed by atoms with Crippen molar-refractivity contribution in [3.05, 3.63) is 72.9 Å². The second-order valence-corrected chi connectivity index (χ2v) is 6.24. The van der Waals surface area contributed by atoms with Crippen molar-refractivity contribution in [1.82, 2.24) is 9.80 Å². The first kappa shape index (κ1) is 16.9. The third-order valence-corrected chi connectivity index (χ3v) is 4.88. The van der Waals surface area contributed by atoms with Crippen molar-refractivity contribution < 1.29 is 14.4 Å². The number of hydrogen-bond acceptors (Lipinski definition) is 3. The van der Waals surface area contributed by atoms with E-state index in [0.717, 1.165) is 9.80 Å². The van der Waals surface area contributed by atoms with E-state index < -0.39 is 35.1 Å². The summed E-state index contributed by atoms with van der Waals surface area (Å²) < 4.78 is 0. The smallest absolute Gasteiger partial charge is 0.273 e. The largest absolute Gasteiger partial charge is 0.332 e. The first-order chi connectivity index (χ1) is 12.0. The van der Waals surface area contributed by atoms with Gasteiger partial charge >= 0.3 is 6.03 Å². The molecule has 1 saturated heterocycles. The lowest BCUT2D eigenvalue weighted by molar-refractivity contribution is -0.161. The van der Waals surface area contributed by atoms with Gasteiger partial charge in [-0.25, -0.2) is 4.79 Å². The second kappa shape index (κ2) is 6.51. The molecule has 0 unspecified atom stereocenters. The number of carbonyl (C=O) groups is 3. The zero-order valence-electron chi connectivity index (χ0n) is 14.2. The van der Waals surface area contributed by atoms with E-state index in [0.29, 0.717) is 0 Å². The fourth-order valence-electron chi connectivity index (χ4n) is 3.57. The molecule has 0 aromatic heterocycles. The highest BCUT2D eigenvalue weighted by Crippen LogP contribution is 2.46. The molecule has 5 heteroatoms. The molecular formula is C20H20N2O3. The average molecular weight is 336 g/mol. The van der Waals surface area contributed by atoms with Crippen LogP contribution < -0.4 is 0 Å². The van der Waals surface area contributed by atoms with Crippen molar-refractivity contribution in [2.24, 2.45) is 17.3 Å². The van der Waals surface area contributed by atoms with Gasteiger partial charge in [-0.2, -0.15) is 0 Å². The number of hydrogen-bond donors (Lipinski definition) is 0. The Hall–Kier alpha value is -2.95. The zero-order chi connectivity index (χ0) is 18.0. The van der Waals surface area contributed by atoms with Crippen LogP contribution in [0.25, 0.3) is 0 Å². The van der Waals surface area contributed by atoms with Gasteiger partial charge in [0.15, 0.2) is 0 Å². The molecule has 0 N–H and O–H groups in total. The van der Waals surface area contributed by atoms with Crippen molar-refractivity contribution in [2.75, 3.05) is 14.1 Å². The normalized spacial score (nSPS) is 23.5. The third kappa shape index (κ3) is 2.52. The Balaban J connectivity index is 2.23. The van der Waals surface area contributed by atoms with Gasteiger partial charge in [-0.3, -0.25) is 19.4 Å². The number of imide groups is 2. The lowest BCUT2D eigenvalue weighted by Crippen LogP contribution is -2.67. The maximum atomic E-state index is 13.3. The van der Waals surface area contributed by atoms with Gasteiger partial charge in [0.1, 0.15) is 5.41 Å². The van der Waals surface area contributed by atoms with Crippen molar-refractivity contribution in [3.63, 3.8) is 0 Å². The van der Waals surface area contributed by atoms with Gasteiger partial charge < -0.3 is 0 Å². The van der Waals surface area contributed by atoms with Gasteiger partial charge in [0.25, 0.3) is 0 Å². The molecule has 0 aromatic rings. The molecule has 0 spiro atoms. The Morgan fingerprint density at radius 1 is 0.640 bits per heavy atom. The minimum atomic E-state index is -1.44. The topological polar surface area (TPSA) is 57.7 Å². The highest BCUT2D eigenvalue weighted by Gasteiger charge is 2.61. The van der Waals surface area contributed by atoms with E-state index in [4.69, 9.17) is 0 Å². The van der Waals surface area contributed by atoms with Crippen molar-refractivity contribution in [1.29, 1.82) is 0 Å². The van der Waals surface area contributed by atoms with Gasteiger partial charge in [-0.15, -0.1) is 0 Å². The average Bonchev–Trinajstić information content (AvgIpc) is 3.05. The highest BCUT2D eigenvalue weighted by atomic mass is 16.2. The molecule has 2 aliphatic carbocycles. The number of nitrogens with zero attached hydrogens (tertiary/aromatic N) is 2. The number of amides is 4. The lowest BCUT2D eigenvalue weighted by Gasteiger charge is -2.46. The van der Waals surface area contributed by atoms with Gasteiger partial charge in [-0.05, 0) is 0 Å². The summed E-state index contributed by atoms with van der Waals surface area (Å²) in [4.78, 5) is 41.0. The molecule has 0 aromatic carbocycles. The van der Waals surface area contributed by atoms with E-state index in [1.54, 1.807) is 0 Å². The Bertz CT molecular complexity index is 687. The van der Waals surface area contributed by atoms with E-state index in [-0.39, 0.29) is 0 Å². The summed E-state index contributed by atoms with van der Waals surface area (Å²) in [5.41, 5.74) is -1.44. The summed E-state index contributed by atoms with van der Waals surface area (Å²) in [6, 6.07) is -0.606. The predicted octanol–water partition coefficient (Wildman–Crippen LogP) is 2.62. The minimum absolute atomic E-state index is 0.474. The van der Waals surface area contributed by atoms with Crippen LogP contribution in [0.4, 0.5) is 4.79 Å². The van der Waals surface area contributed by atoms with Crippen LogP contribution in [-0.4, -0.2) is 41.7 Å². The molecule has 5 nitrogen and oxygen atoms in total. The van der Waals surface area contributed by atoms with Gasteiger partial charge in [0.2, 0.25) is 11.8 Å². The number of barbiturate groups is 1. The quantitative estimate of drug-likeness (QED) is 0.729. The SMILES string of the molecule is CN1C(=O)N(C)C(=O)C(C2C=CC=CC=C2)(C2C=CC=CC=C2)C1=O. The molecule has 1 aliphatic heterocycles. The number of allylic oxidation sites excluding steroid dienone is 12. The Morgan fingerprint density at radius 3 is 1.28 bits per heavy atom. The molecule has 0 bridgehead atoms. The van der Waals surface area contributed by atoms with Gasteiger partial charge in [0.05, 0.1) is 0 Å². The van der Waals surface area contributed by atoms with Crippen LogP contribution in [0.2, 0.25) is 0 Å².